The largest absolute Gasteiger partial charge is 0.482 e. The molecule has 1 aliphatic carbocycles. The molecule has 2 amide bonds. The van der Waals surface area contributed by atoms with Gasteiger partial charge in [0.05, 0.1) is 30.7 Å². The summed E-state index contributed by atoms with van der Waals surface area (Å²) in [6, 6.07) is 7.94. The Kier molecular flexibility index (Phi) is 6.59. The topological polar surface area (TPSA) is 145 Å². The number of nitrogens with zero attached hydrogens (tertiary/aromatic N) is 6. The van der Waals surface area contributed by atoms with Crippen molar-refractivity contribution in [3.05, 3.63) is 41.6 Å². The molecule has 2 fully saturated rings. The van der Waals surface area contributed by atoms with Gasteiger partial charge in [-0.05, 0) is 49.9 Å². The number of methoxy groups -OCH3 is 1. The van der Waals surface area contributed by atoms with Crippen molar-refractivity contribution in [2.24, 2.45) is 17.6 Å². The van der Waals surface area contributed by atoms with Gasteiger partial charge in [-0.25, -0.2) is 18.4 Å². The lowest BCUT2D eigenvalue weighted by molar-refractivity contribution is -0.125. The van der Waals surface area contributed by atoms with Gasteiger partial charge in [-0.3, -0.25) is 14.0 Å². The second-order valence-electron chi connectivity index (χ2n) is 10.8. The zero-order valence-corrected chi connectivity index (χ0v) is 23.9. The molecule has 0 spiro atoms. The minimum atomic E-state index is -4.28. The molecule has 0 bridgehead atoms. The number of amides is 2. The van der Waals surface area contributed by atoms with Crippen LogP contribution in [0.5, 0.6) is 5.88 Å². The molecule has 222 valence electrons. The second kappa shape index (κ2) is 9.93. The number of carbonyl (C=O) groups excluding carboxylic acids is 2. The lowest BCUT2D eigenvalue weighted by Gasteiger charge is -2.37. The summed E-state index contributed by atoms with van der Waals surface area (Å²) < 4.78 is 61.1. The number of aryl methyl sites for hydroxylation is 1. The summed E-state index contributed by atoms with van der Waals surface area (Å²) in [5, 5.41) is 0.637. The minimum absolute atomic E-state index is 0.00389. The van der Waals surface area contributed by atoms with Crippen molar-refractivity contribution in [2.45, 2.75) is 32.9 Å². The van der Waals surface area contributed by atoms with Crippen LogP contribution in [-0.2, 0) is 21.4 Å². The van der Waals surface area contributed by atoms with Gasteiger partial charge in [0, 0.05) is 36.7 Å². The Morgan fingerprint density at radius 3 is 2.48 bits per heavy atom. The van der Waals surface area contributed by atoms with Gasteiger partial charge in [-0.2, -0.15) is 13.1 Å². The van der Waals surface area contributed by atoms with Gasteiger partial charge in [-0.15, -0.1) is 0 Å². The molecule has 42 heavy (non-hydrogen) atoms. The summed E-state index contributed by atoms with van der Waals surface area (Å²) >= 11 is 0. The number of pyridine rings is 2. The van der Waals surface area contributed by atoms with Crippen molar-refractivity contribution in [1.29, 1.82) is 0 Å². The number of likely N-dealkylation sites (tertiary alicyclic amines) is 1. The normalized spacial score (nSPS) is 15.9. The van der Waals surface area contributed by atoms with Crippen molar-refractivity contribution in [3.63, 3.8) is 0 Å². The van der Waals surface area contributed by atoms with E-state index in [1.54, 1.807) is 22.6 Å². The van der Waals surface area contributed by atoms with Gasteiger partial charge in [0.2, 0.25) is 15.9 Å². The molecule has 0 radical (unpaired) electrons. The summed E-state index contributed by atoms with van der Waals surface area (Å²) in [6.45, 7) is -0.392. The van der Waals surface area contributed by atoms with Gasteiger partial charge in [-0.1, -0.05) is 0 Å². The van der Waals surface area contributed by atoms with E-state index in [9.17, 15) is 26.8 Å². The van der Waals surface area contributed by atoms with Crippen molar-refractivity contribution in [1.82, 2.24) is 23.8 Å². The summed E-state index contributed by atoms with van der Waals surface area (Å²) in [5.74, 6) is -0.713. The van der Waals surface area contributed by atoms with Gasteiger partial charge in [0.25, 0.3) is 5.91 Å². The van der Waals surface area contributed by atoms with Crippen LogP contribution in [0.1, 0.15) is 28.9 Å². The molecule has 1 saturated heterocycles. The number of anilines is 1. The lowest BCUT2D eigenvalue weighted by atomic mass is 9.98. The van der Waals surface area contributed by atoms with Crippen LogP contribution in [0.4, 0.5) is 14.6 Å². The molecule has 4 aromatic heterocycles. The third-order valence-electron chi connectivity index (χ3n) is 7.81. The highest BCUT2D eigenvalue weighted by molar-refractivity contribution is 7.92. The molecule has 2 N–H and O–H groups in total. The Hall–Kier alpha value is -4.27. The van der Waals surface area contributed by atoms with Crippen molar-refractivity contribution in [2.75, 3.05) is 30.8 Å². The average Bonchev–Trinajstić information content (AvgIpc) is 3.55. The maximum atomic E-state index is 13.8. The fraction of sp³-hybridized carbons (Fsp3) is 0.407. The van der Waals surface area contributed by atoms with Crippen LogP contribution < -0.4 is 14.8 Å². The number of rotatable bonds is 9. The number of nitrogens with two attached hydrogens (primary N) is 1. The molecule has 4 aromatic rings. The molecule has 0 aromatic carbocycles. The van der Waals surface area contributed by atoms with Crippen LogP contribution in [0.3, 0.4) is 0 Å². The number of imidazole rings is 1. The Balaban J connectivity index is 1.47. The number of aromatic nitrogens is 4. The lowest BCUT2D eigenvalue weighted by Crippen LogP contribution is -2.54. The molecule has 5 heterocycles. The third-order valence-corrected chi connectivity index (χ3v) is 8.88. The molecule has 2 aliphatic rings. The highest BCUT2D eigenvalue weighted by atomic mass is 32.2. The SMILES string of the molecule is COc1cc(C(=O)N2CC(C(N)=O)C2)cc2nc(-c3cc4ccc(N(C(F)F)S(C)(=O)=O)nc4n3CC3CC3)c(C)n12. The standard InChI is InChI=1S/C27H29F2N7O5S/c1-14-23(31-21-9-17(10-22(41-2)35(14)21)26(38)33-12-18(13-33)24(30)37)19-8-16-6-7-20(36(27(28)29)42(3,39)40)32-25(16)34(19)11-15-4-5-15/h6-10,15,18,27H,4-5,11-13H2,1-3H3,(H2,30,37). The number of halogens is 2. The zero-order chi connectivity index (χ0) is 30.1. The summed E-state index contributed by atoms with van der Waals surface area (Å²) in [6.07, 6.45) is 2.72. The predicted molar refractivity (Wildman–Crippen MR) is 150 cm³/mol. The molecular formula is C27H29F2N7O5S. The highest BCUT2D eigenvalue weighted by Crippen LogP contribution is 2.38. The van der Waals surface area contributed by atoms with E-state index < -0.39 is 22.5 Å². The van der Waals surface area contributed by atoms with Crippen LogP contribution in [0, 0.1) is 18.8 Å². The molecular weight excluding hydrogens is 572 g/mol. The monoisotopic (exact) mass is 601 g/mol. The van der Waals surface area contributed by atoms with Crippen LogP contribution in [0.15, 0.2) is 30.3 Å². The molecule has 12 nitrogen and oxygen atoms in total. The Bertz CT molecular complexity index is 1860. The van der Waals surface area contributed by atoms with E-state index in [1.807, 2.05) is 17.6 Å². The number of fused-ring (bicyclic) bond motifs is 2. The van der Waals surface area contributed by atoms with E-state index in [4.69, 9.17) is 15.5 Å². The van der Waals surface area contributed by atoms with Crippen molar-refractivity contribution < 1.29 is 31.5 Å². The number of primary amides is 1. The Morgan fingerprint density at radius 2 is 1.88 bits per heavy atom. The van der Waals surface area contributed by atoms with Crippen LogP contribution >= 0.6 is 0 Å². The van der Waals surface area contributed by atoms with Crippen LogP contribution in [-0.4, -0.2) is 77.1 Å². The molecule has 0 unspecified atom stereocenters. The van der Waals surface area contributed by atoms with E-state index in [1.165, 1.54) is 18.1 Å². The first kappa shape index (κ1) is 27.9. The Morgan fingerprint density at radius 1 is 1.17 bits per heavy atom. The second-order valence-corrected chi connectivity index (χ2v) is 12.7. The first-order valence-electron chi connectivity index (χ1n) is 13.3. The van der Waals surface area contributed by atoms with Gasteiger partial charge >= 0.3 is 6.55 Å². The fourth-order valence-electron chi connectivity index (χ4n) is 5.39. The van der Waals surface area contributed by atoms with E-state index in [2.05, 4.69) is 4.98 Å². The number of ether oxygens (including phenoxy) is 1. The quantitative estimate of drug-likeness (QED) is 0.290. The van der Waals surface area contributed by atoms with Crippen LogP contribution in [0.25, 0.3) is 28.1 Å². The molecule has 1 saturated carbocycles. The van der Waals surface area contributed by atoms with E-state index in [0.29, 0.717) is 63.9 Å². The van der Waals surface area contributed by atoms with E-state index in [0.717, 1.165) is 12.8 Å². The number of hydrogen-bond acceptors (Lipinski definition) is 7. The van der Waals surface area contributed by atoms with Crippen LogP contribution in [0.2, 0.25) is 0 Å². The number of carbonyl (C=O) groups is 2. The molecule has 0 atom stereocenters. The summed E-state index contributed by atoms with van der Waals surface area (Å²) in [7, 11) is -2.79. The maximum Gasteiger partial charge on any atom is 0.329 e. The first-order valence-corrected chi connectivity index (χ1v) is 15.2. The van der Waals surface area contributed by atoms with E-state index in [-0.39, 0.29) is 35.0 Å². The minimum Gasteiger partial charge on any atom is -0.482 e. The van der Waals surface area contributed by atoms with Crippen molar-refractivity contribution >= 4 is 44.3 Å². The fourth-order valence-corrected chi connectivity index (χ4v) is 6.13. The number of alkyl halides is 2. The van der Waals surface area contributed by atoms with Gasteiger partial charge in [0.15, 0.2) is 5.88 Å². The predicted octanol–water partition coefficient (Wildman–Crippen LogP) is 2.62. The first-order chi connectivity index (χ1) is 19.9. The van der Waals surface area contributed by atoms with Crippen molar-refractivity contribution in [3.8, 4) is 17.3 Å². The average molecular weight is 602 g/mol. The number of hydrogen-bond donors (Lipinski definition) is 1. The molecule has 1 aliphatic heterocycles. The van der Waals surface area contributed by atoms with Gasteiger partial charge < -0.3 is 19.9 Å². The summed E-state index contributed by atoms with van der Waals surface area (Å²) in [4.78, 5) is 35.3. The third kappa shape index (κ3) is 4.70. The van der Waals surface area contributed by atoms with E-state index >= 15 is 0 Å². The Labute approximate surface area is 239 Å². The molecule has 15 heteroatoms. The summed E-state index contributed by atoms with van der Waals surface area (Å²) in [5.41, 5.74) is 8.47. The zero-order valence-electron chi connectivity index (χ0n) is 23.1. The maximum absolute atomic E-state index is 13.8. The smallest absolute Gasteiger partial charge is 0.329 e. The van der Waals surface area contributed by atoms with Gasteiger partial charge in [0.1, 0.15) is 22.8 Å². The molecule has 6 rings (SSSR count). The number of sulfonamides is 1. The highest BCUT2D eigenvalue weighted by Gasteiger charge is 2.35.